The van der Waals surface area contributed by atoms with Crippen molar-refractivity contribution in [3.63, 3.8) is 0 Å². The number of morpholine rings is 1. The largest absolute Gasteiger partial charge is 0.445 e. The van der Waals surface area contributed by atoms with Gasteiger partial charge in [-0.2, -0.15) is 10.1 Å². The molecule has 3 aromatic heterocycles. The lowest BCUT2D eigenvalue weighted by Gasteiger charge is -2.27. The Morgan fingerprint density at radius 3 is 2.73 bits per heavy atom. The van der Waals surface area contributed by atoms with Crippen LogP contribution in [0.4, 0.5) is 5.82 Å². The van der Waals surface area contributed by atoms with Crippen molar-refractivity contribution >= 4 is 22.8 Å². The molecule has 1 N–H and O–H groups in total. The normalized spacial score (nSPS) is 14.0. The van der Waals surface area contributed by atoms with E-state index in [0.29, 0.717) is 55.7 Å². The summed E-state index contributed by atoms with van der Waals surface area (Å²) >= 11 is 0. The molecule has 194 valence electrons. The minimum Gasteiger partial charge on any atom is -0.445 e. The number of anilines is 1. The first-order valence-corrected chi connectivity index (χ1v) is 12.7. The van der Waals surface area contributed by atoms with Crippen LogP contribution in [0.3, 0.4) is 0 Å². The first-order chi connectivity index (χ1) is 18.0. The summed E-state index contributed by atoms with van der Waals surface area (Å²) in [7, 11) is 4.09. The molecule has 10 heteroatoms. The van der Waals surface area contributed by atoms with Crippen LogP contribution >= 0.6 is 0 Å². The van der Waals surface area contributed by atoms with Crippen molar-refractivity contribution in [1.29, 1.82) is 0 Å². The van der Waals surface area contributed by atoms with E-state index in [9.17, 15) is 4.79 Å². The molecule has 37 heavy (non-hydrogen) atoms. The maximum absolute atomic E-state index is 12.8. The lowest BCUT2D eigenvalue weighted by Crippen LogP contribution is -2.37. The summed E-state index contributed by atoms with van der Waals surface area (Å²) in [5.74, 6) is 1.04. The lowest BCUT2D eigenvalue weighted by molar-refractivity contribution is 0.0927. The average Bonchev–Trinajstić information content (AvgIpc) is 3.56. The van der Waals surface area contributed by atoms with Gasteiger partial charge in [-0.15, -0.1) is 0 Å². The minimum absolute atomic E-state index is 0.226. The number of nitrogens with one attached hydrogen (secondary N) is 1. The van der Waals surface area contributed by atoms with Crippen molar-refractivity contribution in [3.05, 3.63) is 54.0 Å². The maximum Gasteiger partial charge on any atom is 0.287 e. The quantitative estimate of drug-likeness (QED) is 0.347. The summed E-state index contributed by atoms with van der Waals surface area (Å²) < 4.78 is 13.2. The Labute approximate surface area is 216 Å². The Morgan fingerprint density at radius 2 is 1.95 bits per heavy atom. The number of hydrogen-bond donors (Lipinski definition) is 1. The average molecular weight is 504 g/mol. The number of amides is 1. The number of rotatable bonds is 9. The summed E-state index contributed by atoms with van der Waals surface area (Å²) in [6.45, 7) is 6.19. The van der Waals surface area contributed by atoms with Crippen LogP contribution in [0.1, 0.15) is 29.0 Å². The van der Waals surface area contributed by atoms with Crippen molar-refractivity contribution < 1.29 is 13.9 Å². The predicted molar refractivity (Wildman–Crippen MR) is 142 cm³/mol. The van der Waals surface area contributed by atoms with Crippen molar-refractivity contribution in [2.45, 2.75) is 19.8 Å². The molecule has 0 unspecified atom stereocenters. The predicted octanol–water partition coefficient (Wildman–Crippen LogP) is 3.29. The Balaban J connectivity index is 1.44. The van der Waals surface area contributed by atoms with Crippen molar-refractivity contribution in [1.82, 2.24) is 30.0 Å². The van der Waals surface area contributed by atoms with Gasteiger partial charge in [0.05, 0.1) is 19.4 Å². The first-order valence-electron chi connectivity index (χ1n) is 12.7. The van der Waals surface area contributed by atoms with Gasteiger partial charge in [0, 0.05) is 37.5 Å². The van der Waals surface area contributed by atoms with Crippen molar-refractivity contribution in [2.24, 2.45) is 0 Å². The van der Waals surface area contributed by atoms with E-state index >= 15 is 0 Å². The molecule has 10 nitrogen and oxygen atoms in total. The molecule has 0 saturated carbocycles. The highest BCUT2D eigenvalue weighted by atomic mass is 16.5. The molecule has 0 aliphatic carbocycles. The highest BCUT2D eigenvalue weighted by molar-refractivity contribution is 5.97. The number of ether oxygens (including phenoxy) is 1. The van der Waals surface area contributed by atoms with Gasteiger partial charge in [0.25, 0.3) is 11.9 Å². The van der Waals surface area contributed by atoms with Crippen LogP contribution in [-0.4, -0.2) is 84.0 Å². The van der Waals surface area contributed by atoms with E-state index in [2.05, 4.69) is 45.3 Å². The van der Waals surface area contributed by atoms with Gasteiger partial charge in [0.2, 0.25) is 0 Å². The fourth-order valence-electron chi connectivity index (χ4n) is 4.35. The van der Waals surface area contributed by atoms with Gasteiger partial charge in [0.1, 0.15) is 5.52 Å². The molecule has 0 atom stereocenters. The number of furan rings is 1. The van der Waals surface area contributed by atoms with Crippen LogP contribution in [0, 0.1) is 6.92 Å². The van der Waals surface area contributed by atoms with Gasteiger partial charge < -0.3 is 24.3 Å². The number of carbonyl (C=O) groups excluding carboxylic acids is 1. The van der Waals surface area contributed by atoms with E-state index in [1.54, 1.807) is 16.9 Å². The van der Waals surface area contributed by atoms with Crippen LogP contribution < -0.4 is 10.2 Å². The zero-order valence-corrected chi connectivity index (χ0v) is 21.6. The summed E-state index contributed by atoms with van der Waals surface area (Å²) in [5.41, 5.74) is 4.29. The SMILES string of the molecule is Cc1cccc(-c2cnn(-c3nc(N4CCOCC4)c4oc(C(=O)NCCCCN(C)C)cc4n3)c2)c1. The third-order valence-electron chi connectivity index (χ3n) is 6.33. The summed E-state index contributed by atoms with van der Waals surface area (Å²) in [6, 6.07) is 9.95. The third-order valence-corrected chi connectivity index (χ3v) is 6.33. The van der Waals surface area contributed by atoms with E-state index in [1.165, 1.54) is 5.56 Å². The molecule has 1 aliphatic heterocycles. The van der Waals surface area contributed by atoms with Gasteiger partial charge >= 0.3 is 0 Å². The number of aromatic nitrogens is 4. The van der Waals surface area contributed by atoms with E-state index in [1.807, 2.05) is 26.4 Å². The van der Waals surface area contributed by atoms with E-state index in [4.69, 9.17) is 19.1 Å². The maximum atomic E-state index is 12.8. The highest BCUT2D eigenvalue weighted by Gasteiger charge is 2.23. The smallest absolute Gasteiger partial charge is 0.287 e. The molecule has 1 aliphatic rings. The highest BCUT2D eigenvalue weighted by Crippen LogP contribution is 2.29. The van der Waals surface area contributed by atoms with Crippen LogP contribution in [0.2, 0.25) is 0 Å². The molecule has 1 saturated heterocycles. The van der Waals surface area contributed by atoms with Gasteiger partial charge in [-0.25, -0.2) is 9.67 Å². The molecule has 1 fully saturated rings. The number of nitrogens with zero attached hydrogens (tertiary/aromatic N) is 6. The standard InChI is InChI=1S/C27H33N7O3/c1-19-7-6-8-20(15-19)21-17-29-34(18-21)27-30-22-16-23(26(35)28-9-4-5-10-32(2)3)37-24(22)25(31-27)33-11-13-36-14-12-33/h6-8,15-18H,4-5,9-14H2,1-3H3,(H,28,35). The number of hydrogen-bond acceptors (Lipinski definition) is 8. The molecule has 1 amide bonds. The molecular formula is C27H33N7O3. The van der Waals surface area contributed by atoms with Gasteiger partial charge in [-0.3, -0.25) is 4.79 Å². The van der Waals surface area contributed by atoms with Gasteiger partial charge in [-0.05, 0) is 46.0 Å². The number of fused-ring (bicyclic) bond motifs is 1. The number of carbonyl (C=O) groups is 1. The Morgan fingerprint density at radius 1 is 1.11 bits per heavy atom. The fourth-order valence-corrected chi connectivity index (χ4v) is 4.35. The molecule has 4 heterocycles. The zero-order valence-electron chi connectivity index (χ0n) is 21.6. The molecule has 0 bridgehead atoms. The summed E-state index contributed by atoms with van der Waals surface area (Å²) in [5, 5.41) is 7.49. The van der Waals surface area contributed by atoms with Crippen LogP contribution in [-0.2, 0) is 4.74 Å². The molecule has 0 radical (unpaired) electrons. The van der Waals surface area contributed by atoms with Crippen LogP contribution in [0.15, 0.2) is 47.1 Å². The zero-order chi connectivity index (χ0) is 25.8. The monoisotopic (exact) mass is 503 g/mol. The molecule has 4 aromatic rings. The summed E-state index contributed by atoms with van der Waals surface area (Å²) in [4.78, 5) is 26.6. The number of benzene rings is 1. The van der Waals surface area contributed by atoms with Gasteiger partial charge in [-0.1, -0.05) is 29.8 Å². The second kappa shape index (κ2) is 11.1. The Kier molecular flexibility index (Phi) is 7.47. The second-order valence-corrected chi connectivity index (χ2v) is 9.58. The van der Waals surface area contributed by atoms with E-state index in [-0.39, 0.29) is 11.7 Å². The lowest BCUT2D eigenvalue weighted by atomic mass is 10.1. The fraction of sp³-hybridized carbons (Fsp3) is 0.407. The second-order valence-electron chi connectivity index (χ2n) is 9.58. The summed E-state index contributed by atoms with van der Waals surface area (Å²) in [6.07, 6.45) is 5.63. The topological polar surface area (TPSA) is 102 Å². The first kappa shape index (κ1) is 24.9. The van der Waals surface area contributed by atoms with E-state index in [0.717, 1.165) is 30.5 Å². The molecule has 5 rings (SSSR count). The molecule has 0 spiro atoms. The van der Waals surface area contributed by atoms with Crippen molar-refractivity contribution in [3.8, 4) is 17.1 Å². The Hall–Kier alpha value is -3.76. The Bertz CT molecular complexity index is 1370. The molecule has 1 aromatic carbocycles. The number of unbranched alkanes of at least 4 members (excludes halogenated alkanes) is 1. The van der Waals surface area contributed by atoms with Crippen LogP contribution in [0.25, 0.3) is 28.2 Å². The minimum atomic E-state index is -0.252. The number of aryl methyl sites for hydroxylation is 1. The van der Waals surface area contributed by atoms with Gasteiger partial charge in [0.15, 0.2) is 17.2 Å². The van der Waals surface area contributed by atoms with Crippen LogP contribution in [0.5, 0.6) is 0 Å². The molecular weight excluding hydrogens is 470 g/mol. The van der Waals surface area contributed by atoms with Crippen molar-refractivity contribution in [2.75, 3.05) is 58.4 Å². The third kappa shape index (κ3) is 5.81. The van der Waals surface area contributed by atoms with E-state index < -0.39 is 0 Å².